The van der Waals surface area contributed by atoms with Gasteiger partial charge in [0, 0.05) is 17.3 Å². The molecule has 0 bridgehead atoms. The van der Waals surface area contributed by atoms with E-state index in [9.17, 15) is 28.8 Å². The van der Waals surface area contributed by atoms with Gasteiger partial charge in [-0.3, -0.25) is 14.4 Å². The Morgan fingerprint density at radius 2 is 0.973 bits per heavy atom. The van der Waals surface area contributed by atoms with Gasteiger partial charge in [0.05, 0.1) is 50.7 Å². The fourth-order valence-corrected chi connectivity index (χ4v) is 3.05. The van der Waals surface area contributed by atoms with Crippen molar-refractivity contribution in [1.29, 1.82) is 5.26 Å². The molecule has 1 atom stereocenters. The standard InChI is InChI=1S/C18H27N3O9S3.C2H2IN/c22-13(1-10-31)28-7-4-19-16(25)20(5-8-29-14(23)2-11-32)18(27)21(17(19)26)6-9-30-15(24)3-12-33;3-1-2-4/h31-33H,1-12H2;1H2/i;1T. The molecule has 1 aromatic heterocycles. The Hall–Kier alpha value is -1.91. The molecule has 37 heavy (non-hydrogen) atoms. The van der Waals surface area contributed by atoms with Gasteiger partial charge in [-0.25, -0.2) is 28.1 Å². The van der Waals surface area contributed by atoms with Gasteiger partial charge in [-0.15, -0.1) is 0 Å². The van der Waals surface area contributed by atoms with Crippen molar-refractivity contribution >= 4 is 78.4 Å². The maximum absolute atomic E-state index is 12.7. The predicted molar refractivity (Wildman–Crippen MR) is 152 cm³/mol. The van der Waals surface area contributed by atoms with Crippen LogP contribution < -0.4 is 17.1 Å². The summed E-state index contributed by atoms with van der Waals surface area (Å²) < 4.78 is 22.9. The van der Waals surface area contributed by atoms with E-state index in [-0.39, 0.29) is 76.0 Å². The van der Waals surface area contributed by atoms with Gasteiger partial charge in [-0.1, -0.05) is 22.6 Å². The van der Waals surface area contributed by atoms with Crippen LogP contribution in [0.1, 0.15) is 20.6 Å². The number of nitrogens with zero attached hydrogens (tertiary/aromatic N) is 4. The normalized spacial score (nSPS) is 11.3. The molecular formula is C20H29IN4O9S3. The van der Waals surface area contributed by atoms with Crippen LogP contribution in [0.5, 0.6) is 0 Å². The molecule has 0 N–H and O–H groups in total. The first-order valence-corrected chi connectivity index (χ1v) is 13.9. The Labute approximate surface area is 244 Å². The van der Waals surface area contributed by atoms with Crippen molar-refractivity contribution in [2.45, 2.75) is 38.9 Å². The number of rotatable bonds is 15. The van der Waals surface area contributed by atoms with E-state index in [0.717, 1.165) is 13.7 Å². The molecule has 0 amide bonds. The molecule has 1 heterocycles. The molecule has 0 radical (unpaired) electrons. The van der Waals surface area contributed by atoms with Gasteiger partial charge in [-0.05, 0) is 0 Å². The van der Waals surface area contributed by atoms with Gasteiger partial charge in [0.2, 0.25) is 0 Å². The van der Waals surface area contributed by atoms with E-state index < -0.39 is 39.4 Å². The fraction of sp³-hybridized carbons (Fsp3) is 0.650. The number of halogens is 1. The number of nitriles is 1. The molecule has 208 valence electrons. The number of thiol groups is 3. The van der Waals surface area contributed by atoms with Gasteiger partial charge >= 0.3 is 35.0 Å². The highest BCUT2D eigenvalue weighted by atomic mass is 127. The Morgan fingerprint density at radius 3 is 1.16 bits per heavy atom. The average Bonchev–Trinajstić information content (AvgIpc) is 2.86. The molecule has 0 spiro atoms. The number of alkyl halides is 1. The van der Waals surface area contributed by atoms with Crippen LogP contribution >= 0.6 is 60.5 Å². The van der Waals surface area contributed by atoms with Crippen LogP contribution in [0, 0.1) is 11.3 Å². The summed E-state index contributed by atoms with van der Waals surface area (Å²) in [7, 11) is 0. The lowest BCUT2D eigenvalue weighted by Crippen LogP contribution is -2.55. The van der Waals surface area contributed by atoms with E-state index >= 15 is 0 Å². The van der Waals surface area contributed by atoms with Crippen molar-refractivity contribution in [3.63, 3.8) is 0 Å². The lowest BCUT2D eigenvalue weighted by atomic mass is 10.5. The summed E-state index contributed by atoms with van der Waals surface area (Å²) in [5, 5.41) is 7.70. The van der Waals surface area contributed by atoms with Gasteiger partial charge in [0.25, 0.3) is 0 Å². The Bertz CT molecular complexity index is 981. The molecule has 0 aromatic carbocycles. The topological polar surface area (TPSA) is 169 Å². The molecule has 0 aliphatic rings. The molecular weight excluding hydrogens is 663 g/mol. The van der Waals surface area contributed by atoms with Gasteiger partial charge in [0.1, 0.15) is 19.8 Å². The second kappa shape index (κ2) is 21.1. The number of hydrogen-bond acceptors (Lipinski definition) is 13. The molecule has 0 saturated carbocycles. The van der Waals surface area contributed by atoms with E-state index in [1.807, 2.05) is 0 Å². The van der Waals surface area contributed by atoms with E-state index in [1.165, 1.54) is 0 Å². The molecule has 1 rings (SSSR count). The second-order valence-electron chi connectivity index (χ2n) is 6.62. The maximum atomic E-state index is 12.7. The van der Waals surface area contributed by atoms with Gasteiger partial charge in [-0.2, -0.15) is 43.1 Å². The quantitative estimate of drug-likeness (QED) is 0.0730. The highest BCUT2D eigenvalue weighted by molar-refractivity contribution is 14.1. The van der Waals surface area contributed by atoms with Crippen LogP contribution in [0.4, 0.5) is 0 Å². The molecule has 0 fully saturated rings. The first-order chi connectivity index (χ1) is 18.0. The summed E-state index contributed by atoms with van der Waals surface area (Å²) in [5.41, 5.74) is -2.86. The summed E-state index contributed by atoms with van der Waals surface area (Å²) >= 11 is 13.5. The molecule has 0 saturated heterocycles. The largest absolute Gasteiger partial charge is 0.464 e. The molecule has 13 nitrogen and oxygen atoms in total. The van der Waals surface area contributed by atoms with Crippen LogP contribution in [-0.4, -0.2) is 73.1 Å². The summed E-state index contributed by atoms with van der Waals surface area (Å²) in [4.78, 5) is 72.7. The fourth-order valence-electron chi connectivity index (χ4n) is 2.50. The number of aromatic nitrogens is 3. The van der Waals surface area contributed by atoms with Crippen LogP contribution in [0.2, 0.25) is 0 Å². The zero-order chi connectivity index (χ0) is 29.1. The first-order valence-electron chi connectivity index (χ1n) is 11.3. The second-order valence-corrected chi connectivity index (χ2v) is 8.59. The molecule has 1 aromatic rings. The SMILES string of the molecule is O=C(CCS)OCCn1c(=O)n(CCOC(=O)CCS)c(=O)n(CCOC(=O)CCS)c1=O.[3H]C(I)C#N. The third-order valence-electron chi connectivity index (χ3n) is 4.12. The molecule has 0 aliphatic carbocycles. The summed E-state index contributed by atoms with van der Waals surface area (Å²) in [6.45, 7) is -1.78. The van der Waals surface area contributed by atoms with Crippen LogP contribution in [0.3, 0.4) is 0 Å². The minimum absolute atomic E-state index is 0.0526. The summed E-state index contributed by atoms with van der Waals surface area (Å²) in [6, 6.07) is 1.68. The van der Waals surface area contributed by atoms with Gasteiger partial charge < -0.3 is 14.2 Å². The van der Waals surface area contributed by atoms with Gasteiger partial charge in [0.15, 0.2) is 0 Å². The number of ether oxygens (including phenoxy) is 3. The van der Waals surface area contributed by atoms with E-state index in [4.69, 9.17) is 20.8 Å². The van der Waals surface area contributed by atoms with E-state index in [1.54, 1.807) is 28.7 Å². The lowest BCUT2D eigenvalue weighted by molar-refractivity contribution is -0.144. The predicted octanol–water partition coefficient (Wildman–Crippen LogP) is -0.294. The smallest absolute Gasteiger partial charge is 0.336 e. The van der Waals surface area contributed by atoms with Crippen molar-refractivity contribution in [2.24, 2.45) is 0 Å². The first kappa shape index (κ1) is 33.1. The number of hydrogen-bond donors (Lipinski definition) is 3. The highest BCUT2D eigenvalue weighted by Gasteiger charge is 2.17. The van der Waals surface area contributed by atoms with E-state index in [0.29, 0.717) is 0 Å². The third-order valence-corrected chi connectivity index (χ3v) is 5.07. The average molecular weight is 695 g/mol. The van der Waals surface area contributed by atoms with Crippen molar-refractivity contribution in [3.05, 3.63) is 31.5 Å². The lowest BCUT2D eigenvalue weighted by Gasteiger charge is -2.14. The monoisotopic (exact) mass is 694 g/mol. The van der Waals surface area contributed by atoms with Crippen molar-refractivity contribution < 1.29 is 30.0 Å². The summed E-state index contributed by atoms with van der Waals surface area (Å²) in [5.74, 6) is -0.853. The van der Waals surface area contributed by atoms with E-state index in [2.05, 4.69) is 37.9 Å². The number of carbonyl (C=O) groups excluding carboxylic acids is 3. The summed E-state index contributed by atoms with van der Waals surface area (Å²) in [6.07, 6.45) is 0.158. The Balaban J connectivity index is 0.00000249. The maximum Gasteiger partial charge on any atom is 0.336 e. The minimum Gasteiger partial charge on any atom is -0.464 e. The molecule has 1 unspecified atom stereocenters. The molecule has 17 heteroatoms. The van der Waals surface area contributed by atoms with Crippen molar-refractivity contribution in [3.8, 4) is 6.07 Å². The van der Waals surface area contributed by atoms with Crippen molar-refractivity contribution in [2.75, 3.05) is 41.5 Å². The Kier molecular flexibility index (Phi) is 18.9. The Morgan fingerprint density at radius 1 is 0.730 bits per heavy atom. The van der Waals surface area contributed by atoms with Crippen LogP contribution in [-0.2, 0) is 48.2 Å². The van der Waals surface area contributed by atoms with Crippen molar-refractivity contribution in [1.82, 2.24) is 13.7 Å². The third kappa shape index (κ3) is 14.0. The minimum atomic E-state index is -0.955. The van der Waals surface area contributed by atoms with Crippen LogP contribution in [0.25, 0.3) is 0 Å². The zero-order valence-corrected chi connectivity index (χ0v) is 24.6. The number of carbonyl (C=O) groups is 3. The highest BCUT2D eigenvalue weighted by Crippen LogP contribution is 1.92. The zero-order valence-electron chi connectivity index (χ0n) is 20.7. The number of esters is 3. The molecule has 0 aliphatic heterocycles. The van der Waals surface area contributed by atoms with Crippen LogP contribution in [0.15, 0.2) is 14.4 Å².